The summed E-state index contributed by atoms with van der Waals surface area (Å²) < 4.78 is 0. The topological polar surface area (TPSA) is 8.88 Å². The highest BCUT2D eigenvalue weighted by molar-refractivity contribution is 5.24. The molecule has 4 rings (SSSR count). The number of hydrogen-bond acceptors (Lipinski definition) is 0. The first-order chi connectivity index (χ1) is 10.8. The Hall–Kier alpha value is -1.12. The van der Waals surface area contributed by atoms with Crippen LogP contribution in [-0.4, -0.2) is 32.7 Å². The molecular weight excluding hydrogens is 268 g/mol. The maximum absolute atomic E-state index is 2.51. The quantitative estimate of drug-likeness (QED) is 0.749. The average molecular weight is 298 g/mol. The lowest BCUT2D eigenvalue weighted by molar-refractivity contribution is -1.02. The lowest BCUT2D eigenvalue weighted by atomic mass is 9.93. The van der Waals surface area contributed by atoms with E-state index in [0.29, 0.717) is 0 Å². The summed E-state index contributed by atoms with van der Waals surface area (Å²) >= 11 is 0. The van der Waals surface area contributed by atoms with Gasteiger partial charge in [0.1, 0.15) is 32.7 Å². The summed E-state index contributed by atoms with van der Waals surface area (Å²) in [5.74, 6) is 2.85. The van der Waals surface area contributed by atoms with Crippen molar-refractivity contribution in [2.24, 2.45) is 17.8 Å². The minimum Gasteiger partial charge on any atom is -0.325 e. The van der Waals surface area contributed by atoms with Crippen LogP contribution in [0.25, 0.3) is 0 Å². The molecular formula is C20H30N2+2. The predicted octanol–water partition coefficient (Wildman–Crippen LogP) is 0.491. The second kappa shape index (κ2) is 6.17. The maximum atomic E-state index is 2.51. The van der Waals surface area contributed by atoms with Gasteiger partial charge in [0.25, 0.3) is 0 Å². The van der Waals surface area contributed by atoms with Crippen molar-refractivity contribution < 1.29 is 9.80 Å². The number of aryl methyl sites for hydroxylation is 1. The van der Waals surface area contributed by atoms with Crippen LogP contribution >= 0.6 is 0 Å². The highest BCUT2D eigenvalue weighted by Crippen LogP contribution is 2.42. The molecule has 1 saturated heterocycles. The van der Waals surface area contributed by atoms with Gasteiger partial charge in [-0.2, -0.15) is 0 Å². The number of nitrogens with one attached hydrogen (secondary N) is 2. The predicted molar refractivity (Wildman–Crippen MR) is 90.0 cm³/mol. The number of hydrogen-bond donors (Lipinski definition) is 2. The molecule has 0 unspecified atom stereocenters. The van der Waals surface area contributed by atoms with E-state index in [4.69, 9.17) is 0 Å². The molecule has 1 aromatic rings. The third kappa shape index (κ3) is 3.00. The lowest BCUT2D eigenvalue weighted by Crippen LogP contribution is -3.27. The molecule has 1 heterocycles. The Morgan fingerprint density at radius 3 is 2.41 bits per heavy atom. The van der Waals surface area contributed by atoms with Crippen LogP contribution in [0.1, 0.15) is 24.0 Å². The standard InChI is InChI=1S/C20H28N2/c1-16-4-2-3-5-19(16)14-21-8-10-22(11-9-21)15-20-13-17-6-7-18(20)12-17/h2-7,17-18,20H,8-15H2,1H3/p+2/t17-,18-,20-/m0/s1. The maximum Gasteiger partial charge on any atom is 0.127 e. The molecule has 0 spiro atoms. The van der Waals surface area contributed by atoms with E-state index < -0.39 is 0 Å². The van der Waals surface area contributed by atoms with E-state index in [1.165, 1.54) is 57.7 Å². The van der Waals surface area contributed by atoms with Crippen molar-refractivity contribution in [3.63, 3.8) is 0 Å². The Morgan fingerprint density at radius 2 is 1.73 bits per heavy atom. The zero-order chi connectivity index (χ0) is 14.9. The fraction of sp³-hybridized carbons (Fsp3) is 0.600. The van der Waals surface area contributed by atoms with E-state index in [0.717, 1.165) is 17.8 Å². The van der Waals surface area contributed by atoms with Crippen molar-refractivity contribution >= 4 is 0 Å². The highest BCUT2D eigenvalue weighted by atomic mass is 15.3. The van der Waals surface area contributed by atoms with E-state index in [1.807, 2.05) is 4.90 Å². The van der Waals surface area contributed by atoms with Crippen LogP contribution in [0.3, 0.4) is 0 Å². The van der Waals surface area contributed by atoms with Crippen LogP contribution in [0, 0.1) is 24.7 Å². The lowest BCUT2D eigenvalue weighted by Gasteiger charge is -2.32. The van der Waals surface area contributed by atoms with Crippen LogP contribution in [0.4, 0.5) is 0 Å². The molecule has 2 nitrogen and oxygen atoms in total. The monoisotopic (exact) mass is 298 g/mol. The van der Waals surface area contributed by atoms with Gasteiger partial charge in [-0.25, -0.2) is 0 Å². The SMILES string of the molecule is Cc1ccccc1C[NH+]1CC[NH+](C[C@@H]2C[C@H]3C=C[C@H]2C3)CC1. The van der Waals surface area contributed by atoms with Gasteiger partial charge >= 0.3 is 0 Å². The van der Waals surface area contributed by atoms with Crippen LogP contribution < -0.4 is 9.80 Å². The molecule has 1 aromatic carbocycles. The minimum atomic E-state index is 0.926. The molecule has 118 valence electrons. The van der Waals surface area contributed by atoms with Crippen LogP contribution in [0.15, 0.2) is 36.4 Å². The number of benzene rings is 1. The number of rotatable bonds is 4. The number of fused-ring (bicyclic) bond motifs is 2. The molecule has 2 N–H and O–H groups in total. The molecule has 22 heavy (non-hydrogen) atoms. The third-order valence-corrected chi connectivity index (χ3v) is 6.33. The van der Waals surface area contributed by atoms with Crippen LogP contribution in [0.5, 0.6) is 0 Å². The van der Waals surface area contributed by atoms with Crippen molar-refractivity contribution in [1.29, 1.82) is 0 Å². The number of piperazine rings is 1. The molecule has 0 aromatic heterocycles. The molecule has 3 atom stereocenters. The average Bonchev–Trinajstić information content (AvgIpc) is 3.14. The van der Waals surface area contributed by atoms with E-state index >= 15 is 0 Å². The summed E-state index contributed by atoms with van der Waals surface area (Å²) in [6.07, 6.45) is 7.92. The van der Waals surface area contributed by atoms with Gasteiger partial charge in [0.2, 0.25) is 0 Å². The Morgan fingerprint density at radius 1 is 0.955 bits per heavy atom. The first-order valence-corrected chi connectivity index (χ1v) is 9.18. The number of quaternary nitrogens is 2. The van der Waals surface area contributed by atoms with E-state index in [-0.39, 0.29) is 0 Å². The van der Waals surface area contributed by atoms with Crippen molar-refractivity contribution in [3.05, 3.63) is 47.5 Å². The second-order valence-corrected chi connectivity index (χ2v) is 7.85. The molecule has 0 amide bonds. The van der Waals surface area contributed by atoms with E-state index in [2.05, 4.69) is 43.3 Å². The molecule has 0 radical (unpaired) electrons. The van der Waals surface area contributed by atoms with Crippen molar-refractivity contribution in [1.82, 2.24) is 0 Å². The van der Waals surface area contributed by atoms with Crippen molar-refractivity contribution in [2.45, 2.75) is 26.3 Å². The molecule has 3 aliphatic rings. The van der Waals surface area contributed by atoms with Gasteiger partial charge < -0.3 is 9.80 Å². The van der Waals surface area contributed by atoms with Gasteiger partial charge in [-0.1, -0.05) is 36.4 Å². The zero-order valence-corrected chi connectivity index (χ0v) is 13.9. The van der Waals surface area contributed by atoms with Crippen molar-refractivity contribution in [2.75, 3.05) is 32.7 Å². The molecule has 2 bridgehead atoms. The Labute approximate surface area is 134 Å². The third-order valence-electron chi connectivity index (χ3n) is 6.33. The molecule has 1 aliphatic heterocycles. The Bertz CT molecular complexity index is 542. The van der Waals surface area contributed by atoms with Crippen LogP contribution in [0.2, 0.25) is 0 Å². The van der Waals surface area contributed by atoms with Gasteiger partial charge in [-0.05, 0) is 37.2 Å². The summed E-state index contributed by atoms with van der Waals surface area (Å²) in [6.45, 7) is 10.3. The fourth-order valence-corrected chi connectivity index (χ4v) is 4.92. The summed E-state index contributed by atoms with van der Waals surface area (Å²) in [4.78, 5) is 3.66. The smallest absolute Gasteiger partial charge is 0.127 e. The highest BCUT2D eigenvalue weighted by Gasteiger charge is 2.38. The Balaban J connectivity index is 1.26. The number of allylic oxidation sites excluding steroid dienone is 2. The van der Waals surface area contributed by atoms with E-state index in [9.17, 15) is 0 Å². The molecule has 2 heteroatoms. The molecule has 2 fully saturated rings. The normalized spacial score (nSPS) is 36.9. The molecule has 1 saturated carbocycles. The van der Waals surface area contributed by atoms with Crippen LogP contribution in [-0.2, 0) is 6.54 Å². The fourth-order valence-electron chi connectivity index (χ4n) is 4.92. The van der Waals surface area contributed by atoms with Gasteiger partial charge in [-0.3, -0.25) is 0 Å². The van der Waals surface area contributed by atoms with E-state index in [1.54, 1.807) is 10.5 Å². The van der Waals surface area contributed by atoms with Gasteiger partial charge in [-0.15, -0.1) is 0 Å². The van der Waals surface area contributed by atoms with Gasteiger partial charge in [0.15, 0.2) is 0 Å². The first-order valence-electron chi connectivity index (χ1n) is 9.18. The Kier molecular flexibility index (Phi) is 4.06. The van der Waals surface area contributed by atoms with Crippen molar-refractivity contribution in [3.8, 4) is 0 Å². The van der Waals surface area contributed by atoms with Gasteiger partial charge in [0.05, 0.1) is 6.54 Å². The summed E-state index contributed by atoms with van der Waals surface area (Å²) in [7, 11) is 0. The second-order valence-electron chi connectivity index (χ2n) is 7.85. The zero-order valence-electron chi connectivity index (χ0n) is 13.9. The van der Waals surface area contributed by atoms with Gasteiger partial charge in [0, 0.05) is 11.5 Å². The largest absolute Gasteiger partial charge is 0.325 e. The molecule has 2 aliphatic carbocycles. The summed E-state index contributed by atoms with van der Waals surface area (Å²) in [5, 5.41) is 0. The minimum absolute atomic E-state index is 0.926. The summed E-state index contributed by atoms with van der Waals surface area (Å²) in [6, 6.07) is 8.90. The first kappa shape index (κ1) is 14.5. The summed E-state index contributed by atoms with van der Waals surface area (Å²) in [5.41, 5.74) is 3.00.